The van der Waals surface area contributed by atoms with Gasteiger partial charge in [-0.15, -0.1) is 0 Å². The minimum atomic E-state index is 0.232. The van der Waals surface area contributed by atoms with Crippen molar-refractivity contribution >= 4 is 0 Å². The number of ether oxygens (including phenoxy) is 4. The Labute approximate surface area is 152 Å². The fourth-order valence-electron chi connectivity index (χ4n) is 2.59. The maximum atomic E-state index is 9.62. The van der Waals surface area contributed by atoms with Gasteiger partial charge in [0.05, 0.1) is 21.3 Å². The number of phenols is 1. The Balaban J connectivity index is 1.90. The Hall–Kier alpha value is -3.34. The van der Waals surface area contributed by atoms with E-state index in [1.807, 2.05) is 36.4 Å². The van der Waals surface area contributed by atoms with E-state index < -0.39 is 0 Å². The Morgan fingerprint density at radius 2 is 1.31 bits per heavy atom. The van der Waals surface area contributed by atoms with Crippen LogP contribution in [0.1, 0.15) is 0 Å². The molecule has 0 radical (unpaired) electrons. The summed E-state index contributed by atoms with van der Waals surface area (Å²) in [7, 11) is 4.70. The van der Waals surface area contributed by atoms with Crippen molar-refractivity contribution in [2.75, 3.05) is 21.3 Å². The normalized spacial score (nSPS) is 10.3. The molecule has 3 aromatic carbocycles. The molecule has 0 aliphatic heterocycles. The van der Waals surface area contributed by atoms with E-state index in [-0.39, 0.29) is 5.75 Å². The maximum Gasteiger partial charge on any atom is 0.211 e. The summed E-state index contributed by atoms with van der Waals surface area (Å²) in [6, 6.07) is 18.1. The summed E-state index contributed by atoms with van der Waals surface area (Å²) in [6.07, 6.45) is 0. The summed E-state index contributed by atoms with van der Waals surface area (Å²) >= 11 is 0. The number of hydrogen-bond donors (Lipinski definition) is 1. The van der Waals surface area contributed by atoms with E-state index in [4.69, 9.17) is 18.9 Å². The lowest BCUT2D eigenvalue weighted by molar-refractivity contribution is 0.337. The highest BCUT2D eigenvalue weighted by Crippen LogP contribution is 2.43. The molecule has 26 heavy (non-hydrogen) atoms. The van der Waals surface area contributed by atoms with Crippen molar-refractivity contribution in [2.24, 2.45) is 0 Å². The van der Waals surface area contributed by atoms with E-state index in [1.54, 1.807) is 45.6 Å². The quantitative estimate of drug-likeness (QED) is 0.685. The van der Waals surface area contributed by atoms with Gasteiger partial charge in [0, 0.05) is 12.1 Å². The van der Waals surface area contributed by atoms with Crippen LogP contribution in [-0.2, 0) is 0 Å². The molecule has 0 aliphatic rings. The second-order valence-electron chi connectivity index (χ2n) is 5.54. The zero-order chi connectivity index (χ0) is 18.5. The van der Waals surface area contributed by atoms with Crippen LogP contribution in [0.3, 0.4) is 0 Å². The zero-order valence-electron chi connectivity index (χ0n) is 14.9. The van der Waals surface area contributed by atoms with Gasteiger partial charge in [-0.05, 0) is 35.4 Å². The molecular formula is C21H20O5. The maximum absolute atomic E-state index is 9.62. The molecular weight excluding hydrogens is 332 g/mol. The molecule has 0 saturated heterocycles. The van der Waals surface area contributed by atoms with Crippen LogP contribution in [-0.4, -0.2) is 26.4 Å². The highest BCUT2D eigenvalue weighted by Gasteiger charge is 2.15. The smallest absolute Gasteiger partial charge is 0.211 e. The van der Waals surface area contributed by atoms with Crippen molar-refractivity contribution < 1.29 is 24.1 Å². The van der Waals surface area contributed by atoms with Crippen LogP contribution in [0.4, 0.5) is 0 Å². The first-order chi connectivity index (χ1) is 12.6. The third kappa shape index (κ3) is 3.67. The van der Waals surface area contributed by atoms with Crippen molar-refractivity contribution in [1.29, 1.82) is 0 Å². The highest BCUT2D eigenvalue weighted by atomic mass is 16.5. The summed E-state index contributed by atoms with van der Waals surface area (Å²) in [6.45, 7) is 0. The lowest BCUT2D eigenvalue weighted by atomic mass is 10.1. The minimum Gasteiger partial charge on any atom is -0.508 e. The topological polar surface area (TPSA) is 57.2 Å². The predicted molar refractivity (Wildman–Crippen MR) is 99.7 cm³/mol. The minimum absolute atomic E-state index is 0.232. The first kappa shape index (κ1) is 17.5. The summed E-state index contributed by atoms with van der Waals surface area (Å²) in [5.74, 6) is 2.98. The molecule has 0 aliphatic carbocycles. The Morgan fingerprint density at radius 3 is 1.85 bits per heavy atom. The molecule has 0 heterocycles. The second kappa shape index (κ2) is 7.70. The molecule has 0 aromatic heterocycles. The van der Waals surface area contributed by atoms with E-state index in [2.05, 4.69) is 0 Å². The zero-order valence-corrected chi connectivity index (χ0v) is 14.9. The van der Waals surface area contributed by atoms with E-state index in [1.165, 1.54) is 0 Å². The number of aromatic hydroxyl groups is 1. The largest absolute Gasteiger partial charge is 0.508 e. The average Bonchev–Trinajstić information content (AvgIpc) is 2.68. The van der Waals surface area contributed by atoms with E-state index in [0.29, 0.717) is 28.7 Å². The number of benzene rings is 3. The van der Waals surface area contributed by atoms with E-state index in [9.17, 15) is 5.11 Å². The predicted octanol–water partition coefficient (Wildman–Crippen LogP) is 4.88. The van der Waals surface area contributed by atoms with Gasteiger partial charge < -0.3 is 24.1 Å². The number of phenolic OH excluding ortho intramolecular Hbond substituents is 1. The molecule has 0 atom stereocenters. The van der Waals surface area contributed by atoms with Crippen molar-refractivity contribution in [1.82, 2.24) is 0 Å². The fraction of sp³-hybridized carbons (Fsp3) is 0.143. The van der Waals surface area contributed by atoms with Gasteiger partial charge >= 0.3 is 0 Å². The van der Waals surface area contributed by atoms with Crippen LogP contribution in [0.25, 0.3) is 11.1 Å². The van der Waals surface area contributed by atoms with Crippen LogP contribution in [0.5, 0.6) is 34.5 Å². The molecule has 0 fully saturated rings. The third-order valence-electron chi connectivity index (χ3n) is 3.92. The standard InChI is InChI=1S/C21H20O5/c1-23-18-12-19(24-2)21(20(13-18)25-3)26-17-9-7-14(8-10-17)15-5-4-6-16(22)11-15/h4-13,22H,1-3H3. The van der Waals surface area contributed by atoms with Gasteiger partial charge in [-0.1, -0.05) is 24.3 Å². The molecule has 0 saturated carbocycles. The second-order valence-corrected chi connectivity index (χ2v) is 5.54. The van der Waals surface area contributed by atoms with Gasteiger partial charge in [0.15, 0.2) is 11.5 Å². The molecule has 134 valence electrons. The Kier molecular flexibility index (Phi) is 5.17. The molecule has 0 amide bonds. The van der Waals surface area contributed by atoms with Gasteiger partial charge in [0.2, 0.25) is 5.75 Å². The van der Waals surface area contributed by atoms with E-state index in [0.717, 1.165) is 11.1 Å². The third-order valence-corrected chi connectivity index (χ3v) is 3.92. The van der Waals surface area contributed by atoms with Crippen LogP contribution < -0.4 is 18.9 Å². The van der Waals surface area contributed by atoms with Gasteiger partial charge in [0.1, 0.15) is 17.2 Å². The summed E-state index contributed by atoms with van der Waals surface area (Å²) in [5.41, 5.74) is 1.90. The highest BCUT2D eigenvalue weighted by molar-refractivity contribution is 5.66. The first-order valence-electron chi connectivity index (χ1n) is 8.02. The van der Waals surface area contributed by atoms with Gasteiger partial charge in [-0.3, -0.25) is 0 Å². The molecule has 0 unspecified atom stereocenters. The van der Waals surface area contributed by atoms with Crippen LogP contribution in [0.2, 0.25) is 0 Å². The molecule has 0 spiro atoms. The van der Waals surface area contributed by atoms with Crippen LogP contribution in [0, 0.1) is 0 Å². The van der Waals surface area contributed by atoms with Crippen molar-refractivity contribution in [3.8, 4) is 45.6 Å². The number of methoxy groups -OCH3 is 3. The average molecular weight is 352 g/mol. The fourth-order valence-corrected chi connectivity index (χ4v) is 2.59. The number of rotatable bonds is 6. The van der Waals surface area contributed by atoms with Crippen LogP contribution >= 0.6 is 0 Å². The molecule has 1 N–H and O–H groups in total. The summed E-state index contributed by atoms with van der Waals surface area (Å²) in [5, 5.41) is 9.62. The lowest BCUT2D eigenvalue weighted by Gasteiger charge is -2.15. The van der Waals surface area contributed by atoms with Gasteiger partial charge in [0.25, 0.3) is 0 Å². The van der Waals surface area contributed by atoms with Crippen molar-refractivity contribution in [3.63, 3.8) is 0 Å². The lowest BCUT2D eigenvalue weighted by Crippen LogP contribution is -1.96. The summed E-state index contributed by atoms with van der Waals surface area (Å²) < 4.78 is 22.0. The van der Waals surface area contributed by atoms with Crippen molar-refractivity contribution in [3.05, 3.63) is 60.7 Å². The number of hydrogen-bond acceptors (Lipinski definition) is 5. The van der Waals surface area contributed by atoms with Gasteiger partial charge in [-0.25, -0.2) is 0 Å². The Bertz CT molecular complexity index is 862. The molecule has 0 bridgehead atoms. The van der Waals surface area contributed by atoms with Gasteiger partial charge in [-0.2, -0.15) is 0 Å². The SMILES string of the molecule is COc1cc(OC)c(Oc2ccc(-c3cccc(O)c3)cc2)c(OC)c1. The van der Waals surface area contributed by atoms with Crippen LogP contribution in [0.15, 0.2) is 60.7 Å². The first-order valence-corrected chi connectivity index (χ1v) is 8.02. The summed E-state index contributed by atoms with van der Waals surface area (Å²) in [4.78, 5) is 0. The Morgan fingerprint density at radius 1 is 0.654 bits per heavy atom. The molecule has 3 rings (SSSR count). The monoisotopic (exact) mass is 352 g/mol. The van der Waals surface area contributed by atoms with E-state index >= 15 is 0 Å². The molecule has 5 nitrogen and oxygen atoms in total. The van der Waals surface area contributed by atoms with Crippen molar-refractivity contribution in [2.45, 2.75) is 0 Å². The molecule has 5 heteroatoms. The molecule has 3 aromatic rings.